The van der Waals surface area contributed by atoms with Gasteiger partial charge < -0.3 is 9.73 Å². The lowest BCUT2D eigenvalue weighted by Crippen LogP contribution is -2.34. The lowest BCUT2D eigenvalue weighted by atomic mass is 10.2. The van der Waals surface area contributed by atoms with Crippen molar-refractivity contribution in [2.75, 3.05) is 0 Å². The number of nitrogens with zero attached hydrogens (tertiary/aromatic N) is 1. The van der Waals surface area contributed by atoms with Crippen LogP contribution in [0.15, 0.2) is 45.6 Å². The summed E-state index contributed by atoms with van der Waals surface area (Å²) in [5.74, 6) is 0.674. The van der Waals surface area contributed by atoms with Crippen LogP contribution in [0.3, 0.4) is 0 Å². The van der Waals surface area contributed by atoms with E-state index in [1.54, 1.807) is 24.6 Å². The van der Waals surface area contributed by atoms with Crippen molar-refractivity contribution in [1.82, 2.24) is 10.3 Å². The number of aromatic nitrogens is 1. The molecule has 0 radical (unpaired) electrons. The van der Waals surface area contributed by atoms with Crippen LogP contribution in [0.1, 0.15) is 23.2 Å². The molecule has 0 aliphatic heterocycles. The Kier molecular flexibility index (Phi) is 4.15. The predicted molar refractivity (Wildman–Crippen MR) is 71.3 cm³/mol. The SMILES string of the molecule is CC(Cc1ccco1)NC(=O)c1ccc(Br)cn1. The van der Waals surface area contributed by atoms with E-state index in [1.807, 2.05) is 19.1 Å². The van der Waals surface area contributed by atoms with Gasteiger partial charge in [-0.1, -0.05) is 0 Å². The fourth-order valence-electron chi connectivity index (χ4n) is 1.59. The normalized spacial score (nSPS) is 12.1. The summed E-state index contributed by atoms with van der Waals surface area (Å²) < 4.78 is 6.08. The Bertz CT molecular complexity index is 508. The molecule has 1 N–H and O–H groups in total. The fraction of sp³-hybridized carbons (Fsp3) is 0.231. The molecule has 94 valence electrons. The Morgan fingerprint density at radius 2 is 2.33 bits per heavy atom. The van der Waals surface area contributed by atoms with Crippen molar-refractivity contribution in [1.29, 1.82) is 0 Å². The number of furan rings is 1. The first-order valence-corrected chi connectivity index (χ1v) is 6.39. The molecule has 2 aromatic heterocycles. The summed E-state index contributed by atoms with van der Waals surface area (Å²) in [6, 6.07) is 7.19. The Morgan fingerprint density at radius 1 is 1.50 bits per heavy atom. The van der Waals surface area contributed by atoms with Gasteiger partial charge in [-0.15, -0.1) is 0 Å². The first-order chi connectivity index (χ1) is 8.65. The van der Waals surface area contributed by atoms with Crippen LogP contribution in [0, 0.1) is 0 Å². The number of halogens is 1. The van der Waals surface area contributed by atoms with Crippen molar-refractivity contribution in [2.45, 2.75) is 19.4 Å². The number of hydrogen-bond donors (Lipinski definition) is 1. The van der Waals surface area contributed by atoms with Crippen molar-refractivity contribution in [3.63, 3.8) is 0 Å². The molecule has 18 heavy (non-hydrogen) atoms. The van der Waals surface area contributed by atoms with Gasteiger partial charge >= 0.3 is 0 Å². The molecule has 0 saturated heterocycles. The molecule has 2 aromatic rings. The maximum atomic E-state index is 11.9. The smallest absolute Gasteiger partial charge is 0.270 e. The van der Waals surface area contributed by atoms with Gasteiger partial charge in [-0.3, -0.25) is 4.79 Å². The largest absolute Gasteiger partial charge is 0.469 e. The highest BCUT2D eigenvalue weighted by atomic mass is 79.9. The van der Waals surface area contributed by atoms with Gasteiger partial charge in [-0.05, 0) is 47.1 Å². The summed E-state index contributed by atoms with van der Waals surface area (Å²) in [4.78, 5) is 15.9. The van der Waals surface area contributed by atoms with Gasteiger partial charge in [0.2, 0.25) is 0 Å². The van der Waals surface area contributed by atoms with Crippen LogP contribution in [0.25, 0.3) is 0 Å². The van der Waals surface area contributed by atoms with E-state index < -0.39 is 0 Å². The molecule has 0 aliphatic carbocycles. The number of hydrogen-bond acceptors (Lipinski definition) is 3. The highest BCUT2D eigenvalue weighted by Gasteiger charge is 2.12. The molecule has 1 unspecified atom stereocenters. The monoisotopic (exact) mass is 308 g/mol. The Labute approximate surface area is 114 Å². The molecule has 1 amide bonds. The van der Waals surface area contributed by atoms with Crippen LogP contribution in [-0.4, -0.2) is 16.9 Å². The van der Waals surface area contributed by atoms with E-state index in [9.17, 15) is 4.79 Å². The second-order valence-corrected chi connectivity index (χ2v) is 4.94. The standard InChI is InChI=1S/C13H13BrN2O2/c1-9(7-11-3-2-6-18-11)16-13(17)12-5-4-10(14)8-15-12/h2-6,8-9H,7H2,1H3,(H,16,17). The third-order valence-corrected chi connectivity index (χ3v) is 2.89. The number of rotatable bonds is 4. The van der Waals surface area contributed by atoms with Crippen molar-refractivity contribution >= 4 is 21.8 Å². The van der Waals surface area contributed by atoms with E-state index in [0.29, 0.717) is 12.1 Å². The van der Waals surface area contributed by atoms with E-state index in [0.717, 1.165) is 10.2 Å². The molecule has 0 spiro atoms. The number of pyridine rings is 1. The molecule has 4 nitrogen and oxygen atoms in total. The zero-order valence-electron chi connectivity index (χ0n) is 9.89. The Hall–Kier alpha value is -1.62. The van der Waals surface area contributed by atoms with E-state index in [4.69, 9.17) is 4.42 Å². The molecule has 1 atom stereocenters. The first kappa shape index (κ1) is 12.8. The quantitative estimate of drug-likeness (QED) is 0.945. The van der Waals surface area contributed by atoms with Gasteiger partial charge in [0.1, 0.15) is 11.5 Å². The van der Waals surface area contributed by atoms with Crippen molar-refractivity contribution < 1.29 is 9.21 Å². The van der Waals surface area contributed by atoms with Gasteiger partial charge in [0.15, 0.2) is 0 Å². The van der Waals surface area contributed by atoms with Crippen LogP contribution in [0.2, 0.25) is 0 Å². The fourth-order valence-corrected chi connectivity index (χ4v) is 1.82. The first-order valence-electron chi connectivity index (χ1n) is 5.60. The minimum Gasteiger partial charge on any atom is -0.469 e. The van der Waals surface area contributed by atoms with Crippen LogP contribution in [-0.2, 0) is 6.42 Å². The summed E-state index contributed by atoms with van der Waals surface area (Å²) in [5.41, 5.74) is 0.407. The minimum atomic E-state index is -0.179. The maximum Gasteiger partial charge on any atom is 0.270 e. The van der Waals surface area contributed by atoms with Crippen molar-refractivity contribution in [3.05, 3.63) is 52.7 Å². The highest BCUT2D eigenvalue weighted by Crippen LogP contribution is 2.08. The third kappa shape index (κ3) is 3.43. The lowest BCUT2D eigenvalue weighted by Gasteiger charge is -2.11. The van der Waals surface area contributed by atoms with Gasteiger partial charge in [-0.25, -0.2) is 4.98 Å². The van der Waals surface area contributed by atoms with Crippen LogP contribution in [0.4, 0.5) is 0 Å². The summed E-state index contributed by atoms with van der Waals surface area (Å²) >= 11 is 3.28. The molecular formula is C13H13BrN2O2. The highest BCUT2D eigenvalue weighted by molar-refractivity contribution is 9.10. The average Bonchev–Trinajstić information content (AvgIpc) is 2.82. The second kappa shape index (κ2) is 5.82. The molecular weight excluding hydrogens is 296 g/mol. The van der Waals surface area contributed by atoms with Gasteiger partial charge in [-0.2, -0.15) is 0 Å². The van der Waals surface area contributed by atoms with E-state index >= 15 is 0 Å². The molecule has 0 fully saturated rings. The van der Waals surface area contributed by atoms with Crippen molar-refractivity contribution in [3.8, 4) is 0 Å². The van der Waals surface area contributed by atoms with Gasteiger partial charge in [0.05, 0.1) is 6.26 Å². The number of carbonyl (C=O) groups is 1. The van der Waals surface area contributed by atoms with E-state index in [1.165, 1.54) is 0 Å². The lowest BCUT2D eigenvalue weighted by molar-refractivity contribution is 0.0934. The summed E-state index contributed by atoms with van der Waals surface area (Å²) in [7, 11) is 0. The van der Waals surface area contributed by atoms with Crippen LogP contribution < -0.4 is 5.32 Å². The zero-order valence-corrected chi connectivity index (χ0v) is 11.5. The topological polar surface area (TPSA) is 55.1 Å². The average molecular weight is 309 g/mol. The van der Waals surface area contributed by atoms with Crippen LogP contribution in [0.5, 0.6) is 0 Å². The number of nitrogens with one attached hydrogen (secondary N) is 1. The third-order valence-electron chi connectivity index (χ3n) is 2.42. The molecule has 0 aliphatic rings. The van der Waals surface area contributed by atoms with Gasteiger partial charge in [0, 0.05) is 23.1 Å². The van der Waals surface area contributed by atoms with E-state index in [2.05, 4.69) is 26.2 Å². The molecule has 0 bridgehead atoms. The molecule has 5 heteroatoms. The number of carbonyl (C=O) groups excluding carboxylic acids is 1. The minimum absolute atomic E-state index is 0.00547. The molecule has 2 rings (SSSR count). The van der Waals surface area contributed by atoms with Crippen LogP contribution >= 0.6 is 15.9 Å². The molecule has 0 saturated carbocycles. The van der Waals surface area contributed by atoms with Crippen molar-refractivity contribution in [2.24, 2.45) is 0 Å². The Balaban J connectivity index is 1.92. The predicted octanol–water partition coefficient (Wildman–Crippen LogP) is 2.80. The van der Waals surface area contributed by atoms with Gasteiger partial charge in [0.25, 0.3) is 5.91 Å². The maximum absolute atomic E-state index is 11.9. The number of amides is 1. The summed E-state index contributed by atoms with van der Waals surface area (Å²) in [6.45, 7) is 1.93. The summed E-state index contributed by atoms with van der Waals surface area (Å²) in [6.07, 6.45) is 3.89. The Morgan fingerprint density at radius 3 is 2.94 bits per heavy atom. The zero-order chi connectivity index (χ0) is 13.0. The molecule has 0 aromatic carbocycles. The van der Waals surface area contributed by atoms with E-state index in [-0.39, 0.29) is 11.9 Å². The second-order valence-electron chi connectivity index (χ2n) is 4.02. The summed E-state index contributed by atoms with van der Waals surface area (Å²) in [5, 5.41) is 2.88. The molecule has 2 heterocycles.